The van der Waals surface area contributed by atoms with E-state index in [2.05, 4.69) is 10.2 Å². The molecule has 1 aliphatic carbocycles. The fraction of sp³-hybridized carbons (Fsp3) is 0.381. The van der Waals surface area contributed by atoms with Gasteiger partial charge in [-0.25, -0.2) is 4.39 Å². The van der Waals surface area contributed by atoms with Crippen molar-refractivity contribution < 1.29 is 9.18 Å². The summed E-state index contributed by atoms with van der Waals surface area (Å²) >= 11 is 12.6. The van der Waals surface area contributed by atoms with Crippen molar-refractivity contribution in [2.75, 3.05) is 37.4 Å². The third-order valence-corrected chi connectivity index (χ3v) is 7.13. The molecule has 0 bridgehead atoms. The molecule has 2 fully saturated rings. The number of likely N-dealkylation sites (tertiary alicyclic amines) is 1. The van der Waals surface area contributed by atoms with Gasteiger partial charge in [0, 0.05) is 37.1 Å². The lowest BCUT2D eigenvalue weighted by Gasteiger charge is -2.50. The van der Waals surface area contributed by atoms with Crippen LogP contribution in [0.2, 0.25) is 10.0 Å². The Morgan fingerprint density at radius 2 is 1.82 bits per heavy atom. The second kappa shape index (κ2) is 5.85. The number of carbonyl (C=O) groups is 1. The van der Waals surface area contributed by atoms with Crippen LogP contribution in [0.5, 0.6) is 0 Å². The van der Waals surface area contributed by atoms with E-state index in [1.165, 1.54) is 12.1 Å². The standard InChI is InChI=1S/C21H20Cl2FN3O/c1-26-10-21(11-26,17-15(24)6-5-14(22)18(17)23)25-12-3-4-13-16(9-12)27(2)19(28)20(13)7-8-20/h3-6,9,25H,7-8,10-11H2,1-2H3. The zero-order valence-corrected chi connectivity index (χ0v) is 17.2. The molecule has 0 unspecified atom stereocenters. The number of rotatable bonds is 3. The molecule has 1 amide bonds. The Morgan fingerprint density at radius 1 is 1.11 bits per heavy atom. The second-order valence-corrected chi connectivity index (χ2v) is 9.06. The summed E-state index contributed by atoms with van der Waals surface area (Å²) in [5.41, 5.74) is 2.26. The number of carbonyl (C=O) groups excluding carboxylic acids is 1. The van der Waals surface area contributed by atoms with E-state index in [1.807, 2.05) is 32.3 Å². The monoisotopic (exact) mass is 419 g/mol. The first-order valence-corrected chi connectivity index (χ1v) is 10.1. The van der Waals surface area contributed by atoms with Crippen molar-refractivity contribution in [1.29, 1.82) is 0 Å². The van der Waals surface area contributed by atoms with Crippen LogP contribution >= 0.6 is 23.2 Å². The van der Waals surface area contributed by atoms with Gasteiger partial charge in [-0.2, -0.15) is 0 Å². The molecular weight excluding hydrogens is 400 g/mol. The lowest BCUT2D eigenvalue weighted by atomic mass is 9.81. The largest absolute Gasteiger partial charge is 0.373 e. The van der Waals surface area contributed by atoms with Gasteiger partial charge in [-0.15, -0.1) is 0 Å². The highest BCUT2D eigenvalue weighted by atomic mass is 35.5. The Kier molecular flexibility index (Phi) is 3.81. The molecule has 146 valence electrons. The summed E-state index contributed by atoms with van der Waals surface area (Å²) in [7, 11) is 3.79. The summed E-state index contributed by atoms with van der Waals surface area (Å²) in [6.45, 7) is 1.19. The van der Waals surface area contributed by atoms with E-state index in [0.717, 1.165) is 29.8 Å². The zero-order chi connectivity index (χ0) is 19.8. The van der Waals surface area contributed by atoms with Gasteiger partial charge in [-0.1, -0.05) is 29.3 Å². The van der Waals surface area contributed by atoms with Crippen LogP contribution in [-0.4, -0.2) is 38.0 Å². The summed E-state index contributed by atoms with van der Waals surface area (Å²) < 4.78 is 14.8. The number of hydrogen-bond donors (Lipinski definition) is 1. The van der Waals surface area contributed by atoms with Crippen LogP contribution in [0.1, 0.15) is 24.0 Å². The molecule has 1 N–H and O–H groups in total. The quantitative estimate of drug-likeness (QED) is 0.749. The SMILES string of the molecule is CN1CC(Nc2ccc3c(c2)N(C)C(=O)C32CC2)(c2c(F)ccc(Cl)c2Cl)C1. The topological polar surface area (TPSA) is 35.6 Å². The van der Waals surface area contributed by atoms with E-state index in [0.29, 0.717) is 23.7 Å². The van der Waals surface area contributed by atoms with Gasteiger partial charge < -0.3 is 15.1 Å². The minimum absolute atomic E-state index is 0.168. The molecule has 1 spiro atoms. The Hall–Kier alpha value is -1.82. The number of amides is 1. The fourth-order valence-electron chi connectivity index (χ4n) is 4.86. The molecule has 7 heteroatoms. The highest BCUT2D eigenvalue weighted by Crippen LogP contribution is 2.57. The van der Waals surface area contributed by atoms with Crippen LogP contribution in [-0.2, 0) is 15.7 Å². The zero-order valence-electron chi connectivity index (χ0n) is 15.7. The molecule has 5 rings (SSSR count). The molecule has 2 aliphatic heterocycles. The number of fused-ring (bicyclic) bond motifs is 2. The Labute approximate surface area is 173 Å². The summed E-state index contributed by atoms with van der Waals surface area (Å²) in [6, 6.07) is 8.82. The molecule has 2 aromatic rings. The van der Waals surface area contributed by atoms with Crippen LogP contribution < -0.4 is 10.2 Å². The first kappa shape index (κ1) is 18.2. The van der Waals surface area contributed by atoms with Crippen molar-refractivity contribution in [2.24, 2.45) is 0 Å². The van der Waals surface area contributed by atoms with Gasteiger partial charge in [0.1, 0.15) is 5.82 Å². The summed E-state index contributed by atoms with van der Waals surface area (Å²) in [5, 5.41) is 4.08. The fourth-order valence-corrected chi connectivity index (χ4v) is 5.35. The van der Waals surface area contributed by atoms with Crippen molar-refractivity contribution in [3.63, 3.8) is 0 Å². The number of nitrogens with zero attached hydrogens (tertiary/aromatic N) is 2. The molecule has 0 radical (unpaired) electrons. The number of anilines is 2. The number of hydrogen-bond acceptors (Lipinski definition) is 3. The first-order valence-electron chi connectivity index (χ1n) is 9.31. The lowest BCUT2D eigenvalue weighted by molar-refractivity contribution is -0.119. The van der Waals surface area contributed by atoms with E-state index < -0.39 is 5.54 Å². The molecule has 4 nitrogen and oxygen atoms in total. The van der Waals surface area contributed by atoms with Gasteiger partial charge in [-0.3, -0.25) is 4.79 Å². The molecule has 2 aromatic carbocycles. The molecule has 1 saturated heterocycles. The maximum absolute atomic E-state index is 14.8. The van der Waals surface area contributed by atoms with E-state index >= 15 is 0 Å². The van der Waals surface area contributed by atoms with Gasteiger partial charge in [0.05, 0.1) is 21.0 Å². The van der Waals surface area contributed by atoms with Gasteiger partial charge in [0.15, 0.2) is 0 Å². The minimum atomic E-state index is -0.673. The number of benzene rings is 2. The Balaban J connectivity index is 1.55. The molecule has 2 heterocycles. The van der Waals surface area contributed by atoms with Crippen LogP contribution in [0.25, 0.3) is 0 Å². The predicted molar refractivity (Wildman–Crippen MR) is 110 cm³/mol. The Morgan fingerprint density at radius 3 is 2.46 bits per heavy atom. The third-order valence-electron chi connectivity index (χ3n) is 6.32. The summed E-state index contributed by atoms with van der Waals surface area (Å²) in [4.78, 5) is 16.4. The van der Waals surface area contributed by atoms with Gasteiger partial charge in [0.25, 0.3) is 0 Å². The maximum atomic E-state index is 14.8. The average Bonchev–Trinajstić information content (AvgIpc) is 3.41. The maximum Gasteiger partial charge on any atom is 0.237 e. The lowest BCUT2D eigenvalue weighted by Crippen LogP contribution is -2.62. The van der Waals surface area contributed by atoms with Crippen molar-refractivity contribution in [3.05, 3.63) is 57.3 Å². The highest BCUT2D eigenvalue weighted by Gasteiger charge is 2.58. The van der Waals surface area contributed by atoms with Gasteiger partial charge in [0.2, 0.25) is 5.91 Å². The summed E-state index contributed by atoms with van der Waals surface area (Å²) in [5.74, 6) is -0.206. The van der Waals surface area contributed by atoms with Crippen LogP contribution in [0, 0.1) is 5.82 Å². The Bertz CT molecular complexity index is 1010. The van der Waals surface area contributed by atoms with Crippen LogP contribution in [0.4, 0.5) is 15.8 Å². The molecule has 0 aromatic heterocycles. The normalized spacial score (nSPS) is 21.6. The number of likely N-dealkylation sites (N-methyl/N-ethyl adjacent to an activating group) is 2. The van der Waals surface area contributed by atoms with Gasteiger partial charge >= 0.3 is 0 Å². The number of halogens is 3. The average molecular weight is 420 g/mol. The van der Waals surface area contributed by atoms with E-state index in [9.17, 15) is 9.18 Å². The van der Waals surface area contributed by atoms with E-state index in [1.54, 1.807) is 4.90 Å². The summed E-state index contributed by atoms with van der Waals surface area (Å²) in [6.07, 6.45) is 1.82. The molecule has 1 saturated carbocycles. The minimum Gasteiger partial charge on any atom is -0.373 e. The van der Waals surface area contributed by atoms with Crippen LogP contribution in [0.15, 0.2) is 30.3 Å². The van der Waals surface area contributed by atoms with Crippen molar-refractivity contribution in [2.45, 2.75) is 23.8 Å². The highest BCUT2D eigenvalue weighted by molar-refractivity contribution is 6.42. The third kappa shape index (κ3) is 2.36. The molecular formula is C21H20Cl2FN3O. The van der Waals surface area contributed by atoms with Gasteiger partial charge in [-0.05, 0) is 49.7 Å². The van der Waals surface area contributed by atoms with Crippen molar-refractivity contribution >= 4 is 40.5 Å². The molecule has 28 heavy (non-hydrogen) atoms. The number of nitrogens with one attached hydrogen (secondary N) is 1. The van der Waals surface area contributed by atoms with E-state index in [-0.39, 0.29) is 22.2 Å². The van der Waals surface area contributed by atoms with Crippen LogP contribution in [0.3, 0.4) is 0 Å². The van der Waals surface area contributed by atoms with E-state index in [4.69, 9.17) is 23.2 Å². The predicted octanol–water partition coefficient (Wildman–Crippen LogP) is 4.39. The smallest absolute Gasteiger partial charge is 0.237 e. The second-order valence-electron chi connectivity index (χ2n) is 8.28. The molecule has 0 atom stereocenters. The van der Waals surface area contributed by atoms with Crippen molar-refractivity contribution in [3.8, 4) is 0 Å². The van der Waals surface area contributed by atoms with Crippen molar-refractivity contribution in [1.82, 2.24) is 4.90 Å². The first-order chi connectivity index (χ1) is 13.3. The molecule has 3 aliphatic rings.